The Bertz CT molecular complexity index is 1240. The van der Waals surface area contributed by atoms with E-state index in [4.69, 9.17) is 10.8 Å². The lowest BCUT2D eigenvalue weighted by atomic mass is 9.91. The first-order chi connectivity index (χ1) is 24.2. The molecule has 0 atom stereocenters. The van der Waals surface area contributed by atoms with Crippen LogP contribution in [0.5, 0.6) is 0 Å². The van der Waals surface area contributed by atoms with E-state index in [1.165, 1.54) is 47.9 Å². The molecule has 49 heavy (non-hydrogen) atoms. The molecule has 0 aliphatic rings. The molecule has 0 bridgehead atoms. The Labute approximate surface area is 293 Å². The summed E-state index contributed by atoms with van der Waals surface area (Å²) in [4.78, 5) is 0. The molecule has 4 aromatic carbocycles. The summed E-state index contributed by atoms with van der Waals surface area (Å²) in [5.74, 6) is 1.12. The lowest BCUT2D eigenvalue weighted by molar-refractivity contribution is 0.547. The smallest absolute Gasteiger partial charge is 0.189 e. The van der Waals surface area contributed by atoms with Gasteiger partial charge in [-0.05, 0) is 61.2 Å². The van der Waals surface area contributed by atoms with Crippen LogP contribution in [0.4, 0.5) is 0 Å². The average molecular weight is 661 g/mol. The predicted octanol–water partition coefficient (Wildman–Crippen LogP) is 6.36. The van der Waals surface area contributed by atoms with Crippen LogP contribution in [0.25, 0.3) is 0 Å². The molecule has 4 rings (SSSR count). The Morgan fingerprint density at radius 3 is 1.20 bits per heavy atom. The van der Waals surface area contributed by atoms with Gasteiger partial charge in [0.15, 0.2) is 11.9 Å². The second-order valence-electron chi connectivity index (χ2n) is 12.4. The SMILES string of the molecule is N=C(NCCCNCCCCCCCNCNC(=N)NCC(c1ccccc1)c1ccccc1)NCC(c1ccccc1)c1ccccc1. The molecule has 0 aliphatic carbocycles. The molecule has 0 aromatic heterocycles. The van der Waals surface area contributed by atoms with Crippen molar-refractivity contribution in [1.29, 1.82) is 10.8 Å². The van der Waals surface area contributed by atoms with E-state index in [1.54, 1.807) is 0 Å². The van der Waals surface area contributed by atoms with E-state index >= 15 is 0 Å². The number of unbranched alkanes of at least 4 members (excludes halogenated alkanes) is 4. The van der Waals surface area contributed by atoms with E-state index in [2.05, 4.69) is 129 Å². The minimum absolute atomic E-state index is 0.192. The molecule has 0 heterocycles. The fraction of sp³-hybridized carbons (Fsp3) is 0.366. The van der Waals surface area contributed by atoms with Crippen LogP contribution >= 0.6 is 0 Å². The average Bonchev–Trinajstić information content (AvgIpc) is 3.15. The van der Waals surface area contributed by atoms with Gasteiger partial charge in [-0.15, -0.1) is 0 Å². The summed E-state index contributed by atoms with van der Waals surface area (Å²) in [7, 11) is 0. The normalized spacial score (nSPS) is 11.0. The number of rotatable bonds is 22. The molecule has 0 unspecified atom stereocenters. The Hall–Kier alpha value is -4.66. The number of nitrogens with one attached hydrogen (secondary N) is 8. The van der Waals surface area contributed by atoms with E-state index in [1.807, 2.05) is 24.3 Å². The summed E-state index contributed by atoms with van der Waals surface area (Å²) in [6.07, 6.45) is 7.01. The lowest BCUT2D eigenvalue weighted by Gasteiger charge is -2.20. The second-order valence-corrected chi connectivity index (χ2v) is 12.4. The van der Waals surface area contributed by atoms with E-state index in [9.17, 15) is 0 Å². The molecule has 4 aromatic rings. The van der Waals surface area contributed by atoms with Gasteiger partial charge in [-0.2, -0.15) is 0 Å². The van der Waals surface area contributed by atoms with Crippen LogP contribution in [0, 0.1) is 10.8 Å². The number of hydrogen-bond donors (Lipinski definition) is 8. The molecule has 0 amide bonds. The largest absolute Gasteiger partial charge is 0.357 e. The highest BCUT2D eigenvalue weighted by molar-refractivity contribution is 5.76. The Morgan fingerprint density at radius 2 is 0.755 bits per heavy atom. The van der Waals surface area contributed by atoms with Crippen LogP contribution in [0.15, 0.2) is 121 Å². The van der Waals surface area contributed by atoms with Gasteiger partial charge < -0.3 is 26.6 Å². The zero-order chi connectivity index (χ0) is 34.2. The van der Waals surface area contributed by atoms with Gasteiger partial charge in [-0.25, -0.2) is 0 Å². The standard InChI is InChI=1S/C41H56N8/c42-40(47-31-38(34-19-8-4-9-20-34)35-21-10-5-11-22-35)46-30-18-29-44-27-16-2-1-3-17-28-45-33-49-41(43)48-32-39(36-23-12-6-13-24-36)37-25-14-7-15-26-37/h4-15,19-26,38-39,44-45H,1-3,16-18,27-33H2,(H3,42,46,47)(H3,43,48,49). The molecule has 0 radical (unpaired) electrons. The molecular weight excluding hydrogens is 605 g/mol. The van der Waals surface area contributed by atoms with Gasteiger partial charge in [0.05, 0.1) is 6.67 Å². The first-order valence-corrected chi connectivity index (χ1v) is 17.9. The van der Waals surface area contributed by atoms with Crippen molar-refractivity contribution in [2.24, 2.45) is 0 Å². The molecule has 0 saturated heterocycles. The van der Waals surface area contributed by atoms with Crippen molar-refractivity contribution in [1.82, 2.24) is 31.9 Å². The third-order valence-electron chi connectivity index (χ3n) is 8.70. The summed E-state index contributed by atoms with van der Waals surface area (Å²) in [6.45, 7) is 5.65. The highest BCUT2D eigenvalue weighted by Gasteiger charge is 2.15. The van der Waals surface area contributed by atoms with Gasteiger partial charge >= 0.3 is 0 Å². The van der Waals surface area contributed by atoms with Gasteiger partial charge in [0.1, 0.15) is 0 Å². The summed E-state index contributed by atoms with van der Waals surface area (Å²) in [5.41, 5.74) is 4.99. The molecule has 8 N–H and O–H groups in total. The molecule has 0 saturated carbocycles. The summed E-state index contributed by atoms with van der Waals surface area (Å²) < 4.78 is 0. The molecular formula is C41H56N8. The number of hydrogen-bond acceptors (Lipinski definition) is 4. The van der Waals surface area contributed by atoms with Crippen LogP contribution in [0.1, 0.15) is 72.6 Å². The fourth-order valence-electron chi connectivity index (χ4n) is 5.95. The third-order valence-corrected chi connectivity index (χ3v) is 8.70. The number of benzene rings is 4. The number of guanidine groups is 2. The molecule has 260 valence electrons. The molecule has 0 aliphatic heterocycles. The third kappa shape index (κ3) is 14.6. The van der Waals surface area contributed by atoms with E-state index in [-0.39, 0.29) is 11.8 Å². The zero-order valence-electron chi connectivity index (χ0n) is 28.9. The van der Waals surface area contributed by atoms with Gasteiger partial charge in [0, 0.05) is 31.5 Å². The minimum Gasteiger partial charge on any atom is -0.357 e. The quantitative estimate of drug-likeness (QED) is 0.0215. The maximum absolute atomic E-state index is 8.31. The highest BCUT2D eigenvalue weighted by Crippen LogP contribution is 2.24. The highest BCUT2D eigenvalue weighted by atomic mass is 15.2. The first-order valence-electron chi connectivity index (χ1n) is 17.9. The van der Waals surface area contributed by atoms with Gasteiger partial charge in [-0.1, -0.05) is 141 Å². The van der Waals surface area contributed by atoms with Gasteiger partial charge in [0.25, 0.3) is 0 Å². The van der Waals surface area contributed by atoms with Crippen molar-refractivity contribution < 1.29 is 0 Å². The van der Waals surface area contributed by atoms with Crippen molar-refractivity contribution >= 4 is 11.9 Å². The van der Waals surface area contributed by atoms with Crippen LogP contribution < -0.4 is 31.9 Å². The Morgan fingerprint density at radius 1 is 0.388 bits per heavy atom. The minimum atomic E-state index is 0.192. The zero-order valence-corrected chi connectivity index (χ0v) is 28.9. The first kappa shape index (κ1) is 37.2. The molecule has 0 fully saturated rings. The second kappa shape index (κ2) is 22.8. The Kier molecular flexibility index (Phi) is 17.3. The topological polar surface area (TPSA) is 120 Å². The van der Waals surface area contributed by atoms with Crippen molar-refractivity contribution in [2.45, 2.75) is 50.4 Å². The van der Waals surface area contributed by atoms with Crippen LogP contribution in [0.2, 0.25) is 0 Å². The molecule has 8 nitrogen and oxygen atoms in total. The van der Waals surface area contributed by atoms with E-state index in [0.717, 1.165) is 39.0 Å². The monoisotopic (exact) mass is 660 g/mol. The van der Waals surface area contributed by atoms with Gasteiger partial charge in [-0.3, -0.25) is 16.1 Å². The van der Waals surface area contributed by atoms with E-state index in [0.29, 0.717) is 31.7 Å². The lowest BCUT2D eigenvalue weighted by Crippen LogP contribution is -2.43. The van der Waals surface area contributed by atoms with Gasteiger partial charge in [0.2, 0.25) is 0 Å². The Balaban J connectivity index is 0.940. The summed E-state index contributed by atoms with van der Waals surface area (Å²) >= 11 is 0. The maximum Gasteiger partial charge on any atom is 0.189 e. The van der Waals surface area contributed by atoms with Crippen LogP contribution in [-0.4, -0.2) is 57.9 Å². The summed E-state index contributed by atoms with van der Waals surface area (Å²) in [5, 5.41) is 36.4. The predicted molar refractivity (Wildman–Crippen MR) is 205 cm³/mol. The van der Waals surface area contributed by atoms with Crippen LogP contribution in [-0.2, 0) is 0 Å². The van der Waals surface area contributed by atoms with Crippen LogP contribution in [0.3, 0.4) is 0 Å². The summed E-state index contributed by atoms with van der Waals surface area (Å²) in [6, 6.07) is 41.9. The van der Waals surface area contributed by atoms with Crippen molar-refractivity contribution in [3.63, 3.8) is 0 Å². The van der Waals surface area contributed by atoms with Crippen molar-refractivity contribution in [2.75, 3.05) is 45.9 Å². The molecule has 0 spiro atoms. The van der Waals surface area contributed by atoms with Crippen molar-refractivity contribution in [3.05, 3.63) is 144 Å². The maximum atomic E-state index is 8.31. The van der Waals surface area contributed by atoms with E-state index < -0.39 is 0 Å². The fourth-order valence-corrected chi connectivity index (χ4v) is 5.95. The van der Waals surface area contributed by atoms with Crippen molar-refractivity contribution in [3.8, 4) is 0 Å². The molecule has 8 heteroatoms.